The van der Waals surface area contributed by atoms with Crippen molar-refractivity contribution >= 4 is 11.0 Å². The predicted octanol–water partition coefficient (Wildman–Crippen LogP) is 2.98. The zero-order valence-electron chi connectivity index (χ0n) is 10.7. The Morgan fingerprint density at radius 3 is 2.68 bits per heavy atom. The van der Waals surface area contributed by atoms with Crippen LogP contribution in [0.15, 0.2) is 41.2 Å². The summed E-state index contributed by atoms with van der Waals surface area (Å²) in [5, 5.41) is 0. The van der Waals surface area contributed by atoms with Crippen LogP contribution in [0.4, 0.5) is 4.39 Å². The molecular weight excluding hydrogens is 243 g/mol. The van der Waals surface area contributed by atoms with Gasteiger partial charge in [-0.3, -0.25) is 4.57 Å². The Bertz CT molecular complexity index is 830. The molecule has 0 atom stereocenters. The van der Waals surface area contributed by atoms with Gasteiger partial charge in [0.15, 0.2) is 0 Å². The van der Waals surface area contributed by atoms with Gasteiger partial charge in [0, 0.05) is 7.05 Å². The number of aromatic amines is 1. The summed E-state index contributed by atoms with van der Waals surface area (Å²) >= 11 is 0. The van der Waals surface area contributed by atoms with Gasteiger partial charge >= 0.3 is 5.69 Å². The molecule has 0 fully saturated rings. The van der Waals surface area contributed by atoms with Crippen LogP contribution in [-0.4, -0.2) is 9.55 Å². The zero-order valence-corrected chi connectivity index (χ0v) is 10.7. The molecule has 3 aromatic rings. The van der Waals surface area contributed by atoms with E-state index in [9.17, 15) is 9.18 Å². The number of nitrogens with zero attached hydrogens (tertiary/aromatic N) is 1. The fraction of sp³-hybridized carbons (Fsp3) is 0.133. The van der Waals surface area contributed by atoms with Crippen LogP contribution in [-0.2, 0) is 7.05 Å². The molecule has 96 valence electrons. The highest BCUT2D eigenvalue weighted by molar-refractivity contribution is 5.82. The largest absolute Gasteiger partial charge is 0.326 e. The molecule has 19 heavy (non-hydrogen) atoms. The van der Waals surface area contributed by atoms with Crippen LogP contribution in [0.2, 0.25) is 0 Å². The lowest BCUT2D eigenvalue weighted by molar-refractivity contribution is 0.637. The number of halogens is 1. The second-order valence-corrected chi connectivity index (χ2v) is 4.71. The van der Waals surface area contributed by atoms with Crippen LogP contribution >= 0.6 is 0 Å². The lowest BCUT2D eigenvalue weighted by Gasteiger charge is -2.05. The molecule has 1 heterocycles. The average Bonchev–Trinajstić information content (AvgIpc) is 2.67. The van der Waals surface area contributed by atoms with Crippen LogP contribution in [0.1, 0.15) is 5.56 Å². The second kappa shape index (κ2) is 4.09. The Hall–Kier alpha value is -2.36. The number of aryl methyl sites for hydroxylation is 2. The highest BCUT2D eigenvalue weighted by Gasteiger charge is 2.11. The summed E-state index contributed by atoms with van der Waals surface area (Å²) in [6.45, 7) is 1.99. The third-order valence-electron chi connectivity index (χ3n) is 3.32. The van der Waals surface area contributed by atoms with Crippen molar-refractivity contribution in [3.63, 3.8) is 0 Å². The summed E-state index contributed by atoms with van der Waals surface area (Å²) in [6.07, 6.45) is 0. The molecular formula is C15H13FN2O. The Kier molecular flexibility index (Phi) is 2.52. The smallest absolute Gasteiger partial charge is 0.303 e. The van der Waals surface area contributed by atoms with Crippen molar-refractivity contribution in [1.82, 2.24) is 9.55 Å². The Labute approximate surface area is 109 Å². The van der Waals surface area contributed by atoms with Gasteiger partial charge in [0.05, 0.1) is 5.52 Å². The molecule has 1 N–H and O–H groups in total. The van der Waals surface area contributed by atoms with E-state index < -0.39 is 5.82 Å². The van der Waals surface area contributed by atoms with Gasteiger partial charge < -0.3 is 4.98 Å². The van der Waals surface area contributed by atoms with Crippen molar-refractivity contribution in [2.24, 2.45) is 7.05 Å². The van der Waals surface area contributed by atoms with Crippen molar-refractivity contribution in [2.75, 3.05) is 0 Å². The first-order chi connectivity index (χ1) is 9.06. The molecule has 0 amide bonds. The van der Waals surface area contributed by atoms with E-state index in [4.69, 9.17) is 0 Å². The van der Waals surface area contributed by atoms with Crippen molar-refractivity contribution < 1.29 is 4.39 Å². The molecule has 1 aromatic heterocycles. The number of rotatable bonds is 1. The van der Waals surface area contributed by atoms with Gasteiger partial charge in [0.25, 0.3) is 0 Å². The van der Waals surface area contributed by atoms with Gasteiger partial charge in [0.2, 0.25) is 0 Å². The molecule has 0 unspecified atom stereocenters. The first-order valence-corrected chi connectivity index (χ1v) is 6.01. The molecule has 0 radical (unpaired) electrons. The normalized spacial score (nSPS) is 11.1. The van der Waals surface area contributed by atoms with Crippen LogP contribution in [0, 0.1) is 12.7 Å². The van der Waals surface area contributed by atoms with Crippen LogP contribution in [0.5, 0.6) is 0 Å². The van der Waals surface area contributed by atoms with E-state index in [1.807, 2.05) is 37.3 Å². The van der Waals surface area contributed by atoms with E-state index in [0.717, 1.165) is 16.7 Å². The van der Waals surface area contributed by atoms with Gasteiger partial charge in [-0.25, -0.2) is 9.18 Å². The van der Waals surface area contributed by atoms with Crippen LogP contribution < -0.4 is 5.69 Å². The van der Waals surface area contributed by atoms with E-state index in [1.54, 1.807) is 7.05 Å². The Balaban J connectivity index is 2.31. The Morgan fingerprint density at radius 1 is 1.16 bits per heavy atom. The number of benzene rings is 2. The zero-order chi connectivity index (χ0) is 13.6. The summed E-state index contributed by atoms with van der Waals surface area (Å²) in [5.74, 6) is -0.410. The predicted molar refractivity (Wildman–Crippen MR) is 73.7 cm³/mol. The number of fused-ring (bicyclic) bond motifs is 1. The van der Waals surface area contributed by atoms with Crippen LogP contribution in [0.3, 0.4) is 0 Å². The van der Waals surface area contributed by atoms with Gasteiger partial charge in [-0.1, -0.05) is 29.8 Å². The fourth-order valence-electron chi connectivity index (χ4n) is 2.27. The van der Waals surface area contributed by atoms with Gasteiger partial charge in [-0.2, -0.15) is 0 Å². The highest BCUT2D eigenvalue weighted by Crippen LogP contribution is 2.25. The molecule has 0 saturated heterocycles. The number of hydrogen-bond acceptors (Lipinski definition) is 1. The van der Waals surface area contributed by atoms with Crippen molar-refractivity contribution in [1.29, 1.82) is 0 Å². The maximum atomic E-state index is 14.0. The molecule has 0 aliphatic carbocycles. The van der Waals surface area contributed by atoms with Gasteiger partial charge in [-0.15, -0.1) is 0 Å². The van der Waals surface area contributed by atoms with E-state index >= 15 is 0 Å². The minimum absolute atomic E-state index is 0.254. The monoisotopic (exact) mass is 256 g/mol. The van der Waals surface area contributed by atoms with Crippen molar-refractivity contribution in [3.05, 3.63) is 58.3 Å². The Morgan fingerprint density at radius 2 is 1.95 bits per heavy atom. The molecule has 0 spiro atoms. The summed E-state index contributed by atoms with van der Waals surface area (Å²) in [6, 6.07) is 11.1. The van der Waals surface area contributed by atoms with Crippen LogP contribution in [0.25, 0.3) is 22.2 Å². The molecule has 0 saturated carbocycles. The molecule has 3 rings (SSSR count). The minimum Gasteiger partial charge on any atom is -0.303 e. The van der Waals surface area contributed by atoms with E-state index in [1.165, 1.54) is 10.6 Å². The first kappa shape index (κ1) is 11.7. The summed E-state index contributed by atoms with van der Waals surface area (Å²) in [4.78, 5) is 14.1. The average molecular weight is 256 g/mol. The molecule has 3 nitrogen and oxygen atoms in total. The number of aromatic nitrogens is 2. The van der Waals surface area contributed by atoms with Crippen molar-refractivity contribution in [2.45, 2.75) is 6.92 Å². The lowest BCUT2D eigenvalue weighted by Crippen LogP contribution is -2.11. The standard InChI is InChI=1S/C15H13FN2O/c1-9-4-3-5-10(6-9)11-7-12(16)14-13(8-11)18(2)15(19)17-14/h3-8H,1-2H3,(H,17,19). The number of imidazole rings is 1. The van der Waals surface area contributed by atoms with Gasteiger partial charge in [-0.05, 0) is 30.2 Å². The quantitative estimate of drug-likeness (QED) is 0.714. The maximum absolute atomic E-state index is 14.0. The van der Waals surface area contributed by atoms with Gasteiger partial charge in [0.1, 0.15) is 11.3 Å². The summed E-state index contributed by atoms with van der Waals surface area (Å²) < 4.78 is 15.5. The van der Waals surface area contributed by atoms with E-state index in [-0.39, 0.29) is 11.2 Å². The highest BCUT2D eigenvalue weighted by atomic mass is 19.1. The third kappa shape index (κ3) is 1.85. The summed E-state index contributed by atoms with van der Waals surface area (Å²) in [5.41, 5.74) is 3.33. The lowest BCUT2D eigenvalue weighted by atomic mass is 10.0. The van der Waals surface area contributed by atoms with E-state index in [2.05, 4.69) is 4.98 Å². The molecule has 0 aliphatic rings. The third-order valence-corrected chi connectivity index (χ3v) is 3.32. The number of nitrogens with one attached hydrogen (secondary N) is 1. The molecule has 0 bridgehead atoms. The maximum Gasteiger partial charge on any atom is 0.326 e. The summed E-state index contributed by atoms with van der Waals surface area (Å²) in [7, 11) is 1.63. The number of hydrogen-bond donors (Lipinski definition) is 1. The SMILES string of the molecule is Cc1cccc(-c2cc(F)c3[nH]c(=O)n(C)c3c2)c1. The first-order valence-electron chi connectivity index (χ1n) is 6.01. The second-order valence-electron chi connectivity index (χ2n) is 4.71. The topological polar surface area (TPSA) is 37.8 Å². The minimum atomic E-state index is -0.410. The molecule has 0 aliphatic heterocycles. The fourth-order valence-corrected chi connectivity index (χ4v) is 2.27. The molecule has 4 heteroatoms. The molecule has 2 aromatic carbocycles. The van der Waals surface area contributed by atoms with Crippen molar-refractivity contribution in [3.8, 4) is 11.1 Å². The number of H-pyrrole nitrogens is 1. The van der Waals surface area contributed by atoms with E-state index in [0.29, 0.717) is 5.52 Å².